The number of nitrogens with zero attached hydrogens (tertiary/aromatic N) is 1. The maximum atomic E-state index is 12.8. The van der Waals surface area contributed by atoms with Crippen LogP contribution in [0.25, 0.3) is 0 Å². The van der Waals surface area contributed by atoms with Crippen LogP contribution in [0.4, 0.5) is 4.39 Å². The third-order valence-electron chi connectivity index (χ3n) is 2.02. The quantitative estimate of drug-likeness (QED) is 0.803. The van der Waals surface area contributed by atoms with Gasteiger partial charge in [-0.2, -0.15) is 0 Å². The summed E-state index contributed by atoms with van der Waals surface area (Å²) in [5, 5.41) is 2.38. The van der Waals surface area contributed by atoms with Crippen molar-refractivity contribution in [3.8, 4) is 0 Å². The normalized spacial score (nSPS) is 20.0. The molecule has 0 aromatic heterocycles. The van der Waals surface area contributed by atoms with Crippen molar-refractivity contribution in [2.45, 2.75) is 6.04 Å². The van der Waals surface area contributed by atoms with Gasteiger partial charge in [0.05, 0.1) is 0 Å². The Bertz CT molecular complexity index is 461. The van der Waals surface area contributed by atoms with Crippen LogP contribution in [0.5, 0.6) is 0 Å². The highest BCUT2D eigenvalue weighted by molar-refractivity contribution is 9.10. The van der Waals surface area contributed by atoms with Crippen molar-refractivity contribution in [2.24, 2.45) is 10.7 Å². The van der Waals surface area contributed by atoms with Gasteiger partial charge in [-0.3, -0.25) is 10.1 Å². The van der Waals surface area contributed by atoms with Gasteiger partial charge in [0, 0.05) is 10.0 Å². The molecule has 15 heavy (non-hydrogen) atoms. The van der Waals surface area contributed by atoms with E-state index in [-0.39, 0.29) is 17.7 Å². The Balaban J connectivity index is 2.42. The van der Waals surface area contributed by atoms with Gasteiger partial charge in [0.2, 0.25) is 0 Å². The molecule has 2 rings (SSSR count). The van der Waals surface area contributed by atoms with Crippen molar-refractivity contribution >= 4 is 27.8 Å². The third-order valence-corrected chi connectivity index (χ3v) is 2.71. The Hall–Kier alpha value is -1.43. The molecule has 1 aromatic rings. The maximum Gasteiger partial charge on any atom is 0.256 e. The van der Waals surface area contributed by atoms with Crippen molar-refractivity contribution in [1.29, 1.82) is 0 Å². The fourth-order valence-electron chi connectivity index (χ4n) is 1.36. The highest BCUT2D eigenvalue weighted by Crippen LogP contribution is 2.28. The van der Waals surface area contributed by atoms with E-state index < -0.39 is 6.04 Å². The van der Waals surface area contributed by atoms with Crippen LogP contribution in [0, 0.1) is 5.82 Å². The molecule has 78 valence electrons. The summed E-state index contributed by atoms with van der Waals surface area (Å²) in [5.74, 6) is -0.595. The van der Waals surface area contributed by atoms with E-state index in [9.17, 15) is 9.18 Å². The van der Waals surface area contributed by atoms with Gasteiger partial charge < -0.3 is 5.73 Å². The summed E-state index contributed by atoms with van der Waals surface area (Å²) in [6.45, 7) is 0. The predicted molar refractivity (Wildman–Crippen MR) is 56.6 cm³/mol. The van der Waals surface area contributed by atoms with Crippen LogP contribution >= 0.6 is 15.9 Å². The number of nitrogens with one attached hydrogen (secondary N) is 1. The van der Waals surface area contributed by atoms with Crippen LogP contribution in [0.2, 0.25) is 0 Å². The van der Waals surface area contributed by atoms with Crippen molar-refractivity contribution in [3.63, 3.8) is 0 Å². The fourth-order valence-corrected chi connectivity index (χ4v) is 1.93. The molecular formula is C9H7BrFN3O. The second kappa shape index (κ2) is 3.62. The SMILES string of the molecule is NC1=NC(c2ccc(F)cc2Br)C(=O)N1. The smallest absolute Gasteiger partial charge is 0.256 e. The number of carbonyl (C=O) groups excluding carboxylic acids is 1. The molecule has 4 nitrogen and oxygen atoms in total. The zero-order valence-corrected chi connectivity index (χ0v) is 9.08. The second-order valence-electron chi connectivity index (χ2n) is 3.07. The monoisotopic (exact) mass is 271 g/mol. The van der Waals surface area contributed by atoms with Crippen LogP contribution in [-0.4, -0.2) is 11.9 Å². The maximum absolute atomic E-state index is 12.8. The summed E-state index contributed by atoms with van der Waals surface area (Å²) in [6.07, 6.45) is 0. The molecule has 1 heterocycles. The van der Waals surface area contributed by atoms with Crippen molar-refractivity contribution in [1.82, 2.24) is 5.32 Å². The van der Waals surface area contributed by atoms with Gasteiger partial charge in [-0.1, -0.05) is 22.0 Å². The Labute approximate surface area is 93.5 Å². The molecule has 0 spiro atoms. The lowest BCUT2D eigenvalue weighted by Gasteiger charge is -2.07. The first-order chi connectivity index (χ1) is 7.08. The van der Waals surface area contributed by atoms with E-state index in [4.69, 9.17) is 5.73 Å². The standard InChI is InChI=1S/C9H7BrFN3O/c10-6-3-4(11)1-2-5(6)7-8(15)14-9(12)13-7/h1-3,7H,(H3,12,13,14,15). The number of guanidine groups is 1. The number of rotatable bonds is 1. The molecule has 1 aliphatic heterocycles. The van der Waals surface area contributed by atoms with Crippen LogP contribution in [0.3, 0.4) is 0 Å². The van der Waals surface area contributed by atoms with Crippen molar-refractivity contribution in [3.05, 3.63) is 34.1 Å². The van der Waals surface area contributed by atoms with Gasteiger partial charge in [0.15, 0.2) is 12.0 Å². The molecule has 6 heteroatoms. The van der Waals surface area contributed by atoms with Gasteiger partial charge >= 0.3 is 0 Å². The minimum Gasteiger partial charge on any atom is -0.370 e. The summed E-state index contributed by atoms with van der Waals surface area (Å²) in [4.78, 5) is 15.3. The van der Waals surface area contributed by atoms with Gasteiger partial charge in [-0.15, -0.1) is 0 Å². The number of carbonyl (C=O) groups is 1. The highest BCUT2D eigenvalue weighted by atomic mass is 79.9. The minimum atomic E-state index is -0.694. The zero-order chi connectivity index (χ0) is 11.0. The van der Waals surface area contributed by atoms with Crippen LogP contribution in [0.1, 0.15) is 11.6 Å². The number of hydrogen-bond acceptors (Lipinski definition) is 3. The first-order valence-electron chi connectivity index (χ1n) is 4.17. The van der Waals surface area contributed by atoms with E-state index in [1.807, 2.05) is 0 Å². The predicted octanol–water partition coefficient (Wildman–Crippen LogP) is 1.07. The number of aliphatic imine (C=N–C) groups is 1. The molecule has 1 aliphatic rings. The van der Waals surface area contributed by atoms with Crippen molar-refractivity contribution in [2.75, 3.05) is 0 Å². The van der Waals surface area contributed by atoms with Crippen LogP contribution in [0.15, 0.2) is 27.7 Å². The Kier molecular flexibility index (Phi) is 2.44. The van der Waals surface area contributed by atoms with Gasteiger partial charge in [0.25, 0.3) is 5.91 Å². The second-order valence-corrected chi connectivity index (χ2v) is 3.93. The lowest BCUT2D eigenvalue weighted by molar-refractivity contribution is -0.120. The van der Waals surface area contributed by atoms with Gasteiger partial charge in [-0.25, -0.2) is 9.38 Å². The summed E-state index contributed by atoms with van der Waals surface area (Å²) in [6, 6.07) is 3.37. The molecule has 0 saturated carbocycles. The average molecular weight is 272 g/mol. The zero-order valence-electron chi connectivity index (χ0n) is 7.50. The number of halogens is 2. The molecule has 0 saturated heterocycles. The van der Waals surface area contributed by atoms with E-state index >= 15 is 0 Å². The molecule has 1 amide bonds. The topological polar surface area (TPSA) is 67.5 Å². The number of hydrogen-bond donors (Lipinski definition) is 2. The first-order valence-corrected chi connectivity index (χ1v) is 4.96. The van der Waals surface area contributed by atoms with Crippen LogP contribution < -0.4 is 11.1 Å². The van der Waals surface area contributed by atoms with Gasteiger partial charge in [-0.05, 0) is 12.1 Å². The molecule has 1 aromatic carbocycles. The van der Waals surface area contributed by atoms with E-state index in [0.717, 1.165) is 0 Å². The Morgan fingerprint density at radius 1 is 1.53 bits per heavy atom. The number of nitrogens with two attached hydrogens (primary N) is 1. The molecule has 0 aliphatic carbocycles. The Morgan fingerprint density at radius 3 is 2.80 bits per heavy atom. The molecule has 0 radical (unpaired) electrons. The number of amides is 1. The molecule has 1 atom stereocenters. The summed E-state index contributed by atoms with van der Waals surface area (Å²) >= 11 is 3.17. The van der Waals surface area contributed by atoms with Crippen LogP contribution in [-0.2, 0) is 4.79 Å². The number of benzene rings is 1. The summed E-state index contributed by atoms with van der Waals surface area (Å²) in [5.41, 5.74) is 5.95. The third kappa shape index (κ3) is 1.85. The van der Waals surface area contributed by atoms with Gasteiger partial charge in [0.1, 0.15) is 5.82 Å². The van der Waals surface area contributed by atoms with Crippen molar-refractivity contribution < 1.29 is 9.18 Å². The van der Waals surface area contributed by atoms with E-state index in [2.05, 4.69) is 26.2 Å². The first kappa shape index (κ1) is 10.1. The average Bonchev–Trinajstić information content (AvgIpc) is 2.45. The van der Waals surface area contributed by atoms with E-state index in [0.29, 0.717) is 10.0 Å². The molecular weight excluding hydrogens is 265 g/mol. The fraction of sp³-hybridized carbons (Fsp3) is 0.111. The highest BCUT2D eigenvalue weighted by Gasteiger charge is 2.28. The lowest BCUT2D eigenvalue weighted by atomic mass is 10.1. The molecule has 3 N–H and O–H groups in total. The minimum absolute atomic E-state index is 0.0845. The summed E-state index contributed by atoms with van der Waals surface area (Å²) < 4.78 is 13.3. The molecule has 0 fully saturated rings. The molecule has 0 bridgehead atoms. The molecule has 1 unspecified atom stereocenters. The largest absolute Gasteiger partial charge is 0.370 e. The summed E-state index contributed by atoms with van der Waals surface area (Å²) in [7, 11) is 0. The van der Waals surface area contributed by atoms with E-state index in [1.54, 1.807) is 0 Å². The van der Waals surface area contributed by atoms with E-state index in [1.165, 1.54) is 18.2 Å². The Morgan fingerprint density at radius 2 is 2.27 bits per heavy atom. The lowest BCUT2D eigenvalue weighted by Crippen LogP contribution is -2.31.